The Balaban J connectivity index is 1.72. The first-order valence-corrected chi connectivity index (χ1v) is 9.26. The number of hydrogen-bond acceptors (Lipinski definition) is 5. The number of carbonyl (C=O) groups excluding carboxylic acids is 2. The van der Waals surface area contributed by atoms with E-state index < -0.39 is 5.97 Å². The van der Waals surface area contributed by atoms with Crippen molar-refractivity contribution in [2.24, 2.45) is 0 Å². The third-order valence-corrected chi connectivity index (χ3v) is 4.40. The largest absolute Gasteiger partial charge is 0.491 e. The van der Waals surface area contributed by atoms with Crippen LogP contribution in [0.5, 0.6) is 11.5 Å². The average molecular weight is 411 g/mol. The Bertz CT molecular complexity index is 987. The van der Waals surface area contributed by atoms with Gasteiger partial charge in [-0.3, -0.25) is 4.79 Å². The van der Waals surface area contributed by atoms with Gasteiger partial charge in [0.25, 0.3) is 0 Å². The third kappa shape index (κ3) is 5.36. The zero-order chi connectivity index (χ0) is 20.6. The van der Waals surface area contributed by atoms with Crippen molar-refractivity contribution >= 4 is 23.4 Å². The Labute approximate surface area is 173 Å². The molecule has 0 aliphatic rings. The zero-order valence-corrected chi connectivity index (χ0v) is 16.5. The molecule has 0 heterocycles. The number of hydrogen-bond donors (Lipinski definition) is 0. The number of esters is 1. The van der Waals surface area contributed by atoms with Crippen LogP contribution >= 0.6 is 11.6 Å². The van der Waals surface area contributed by atoms with Gasteiger partial charge in [-0.05, 0) is 17.7 Å². The Kier molecular flexibility index (Phi) is 6.87. The second-order valence-corrected chi connectivity index (χ2v) is 6.54. The maximum Gasteiger partial charge on any atom is 0.338 e. The lowest BCUT2D eigenvalue weighted by Crippen LogP contribution is -2.14. The highest BCUT2D eigenvalue weighted by molar-refractivity contribution is 6.32. The molecule has 0 N–H and O–H groups in total. The van der Waals surface area contributed by atoms with Crippen LogP contribution < -0.4 is 9.47 Å². The van der Waals surface area contributed by atoms with Gasteiger partial charge in [0, 0.05) is 5.56 Å². The quantitative estimate of drug-likeness (QED) is 0.387. The van der Waals surface area contributed by atoms with Crippen molar-refractivity contribution in [3.8, 4) is 11.5 Å². The molecule has 3 aromatic carbocycles. The molecular weight excluding hydrogens is 392 g/mol. The number of ketones is 1. The van der Waals surface area contributed by atoms with E-state index in [4.69, 9.17) is 25.8 Å². The van der Waals surface area contributed by atoms with E-state index in [1.807, 2.05) is 30.3 Å². The second-order valence-electron chi connectivity index (χ2n) is 6.13. The van der Waals surface area contributed by atoms with Crippen molar-refractivity contribution in [1.82, 2.24) is 0 Å². The summed E-state index contributed by atoms with van der Waals surface area (Å²) in [5, 5.41) is 0.208. The summed E-state index contributed by atoms with van der Waals surface area (Å²) in [6.45, 7) is -0.0920. The molecule has 0 amide bonds. The SMILES string of the molecule is COc1c(Cl)cc(C(=O)OCC(=O)c2ccccc2)cc1OCc1ccccc1. The lowest BCUT2D eigenvalue weighted by molar-refractivity contribution is 0.0474. The summed E-state index contributed by atoms with van der Waals surface area (Å²) in [5.74, 6) is -0.341. The van der Waals surface area contributed by atoms with Crippen molar-refractivity contribution < 1.29 is 23.8 Å². The van der Waals surface area contributed by atoms with Crippen LogP contribution in [0.25, 0.3) is 0 Å². The highest BCUT2D eigenvalue weighted by Gasteiger charge is 2.18. The van der Waals surface area contributed by atoms with Crippen molar-refractivity contribution in [2.75, 3.05) is 13.7 Å². The molecule has 0 aliphatic heterocycles. The molecule has 29 heavy (non-hydrogen) atoms. The van der Waals surface area contributed by atoms with Gasteiger partial charge in [0.2, 0.25) is 0 Å². The normalized spacial score (nSPS) is 10.3. The smallest absolute Gasteiger partial charge is 0.338 e. The molecule has 0 aliphatic carbocycles. The van der Waals surface area contributed by atoms with Crippen LogP contribution in [0.2, 0.25) is 5.02 Å². The van der Waals surface area contributed by atoms with Crippen molar-refractivity contribution in [1.29, 1.82) is 0 Å². The minimum Gasteiger partial charge on any atom is -0.491 e. The predicted molar refractivity (Wildman–Crippen MR) is 110 cm³/mol. The molecule has 0 atom stereocenters. The molecule has 3 rings (SSSR count). The fourth-order valence-corrected chi connectivity index (χ4v) is 2.94. The monoisotopic (exact) mass is 410 g/mol. The third-order valence-electron chi connectivity index (χ3n) is 4.12. The van der Waals surface area contributed by atoms with Crippen LogP contribution in [0.1, 0.15) is 26.3 Å². The second kappa shape index (κ2) is 9.75. The van der Waals surface area contributed by atoms with Gasteiger partial charge >= 0.3 is 5.97 Å². The number of benzene rings is 3. The molecular formula is C23H19ClO5. The van der Waals surface area contributed by atoms with Crippen LogP contribution in [0.3, 0.4) is 0 Å². The van der Waals surface area contributed by atoms with Crippen molar-refractivity contribution in [2.45, 2.75) is 6.61 Å². The Morgan fingerprint density at radius 2 is 1.55 bits per heavy atom. The van der Waals surface area contributed by atoms with E-state index in [0.717, 1.165) is 5.56 Å². The molecule has 0 saturated carbocycles. The number of rotatable bonds is 8. The van der Waals surface area contributed by atoms with Gasteiger partial charge in [0.05, 0.1) is 17.7 Å². The maximum absolute atomic E-state index is 12.4. The highest BCUT2D eigenvalue weighted by Crippen LogP contribution is 2.37. The van der Waals surface area contributed by atoms with Crippen LogP contribution in [0.4, 0.5) is 0 Å². The molecule has 0 unspecified atom stereocenters. The van der Waals surface area contributed by atoms with Crippen LogP contribution in [-0.2, 0) is 11.3 Å². The number of ether oxygens (including phenoxy) is 3. The minimum absolute atomic E-state index is 0.166. The number of methoxy groups -OCH3 is 1. The lowest BCUT2D eigenvalue weighted by Gasteiger charge is -2.14. The van der Waals surface area contributed by atoms with Crippen molar-refractivity contribution in [3.63, 3.8) is 0 Å². The van der Waals surface area contributed by atoms with Gasteiger partial charge in [0.15, 0.2) is 23.9 Å². The summed E-state index contributed by atoms with van der Waals surface area (Å²) in [6, 6.07) is 21.1. The lowest BCUT2D eigenvalue weighted by atomic mass is 10.1. The molecule has 5 nitrogen and oxygen atoms in total. The Morgan fingerprint density at radius 1 is 0.897 bits per heavy atom. The molecule has 0 bridgehead atoms. The molecule has 0 saturated heterocycles. The van der Waals surface area contributed by atoms with E-state index in [-0.39, 0.29) is 29.6 Å². The first-order chi connectivity index (χ1) is 14.1. The molecule has 3 aromatic rings. The van der Waals surface area contributed by atoms with E-state index >= 15 is 0 Å². The van der Waals surface area contributed by atoms with Gasteiger partial charge in [-0.1, -0.05) is 72.3 Å². The topological polar surface area (TPSA) is 61.8 Å². The zero-order valence-electron chi connectivity index (χ0n) is 15.8. The molecule has 6 heteroatoms. The Hall–Kier alpha value is -3.31. The fraction of sp³-hybridized carbons (Fsp3) is 0.130. The van der Waals surface area contributed by atoms with Crippen LogP contribution in [-0.4, -0.2) is 25.5 Å². The van der Waals surface area contributed by atoms with Crippen molar-refractivity contribution in [3.05, 3.63) is 94.5 Å². The predicted octanol–water partition coefficient (Wildman–Crippen LogP) is 4.97. The van der Waals surface area contributed by atoms with E-state index in [0.29, 0.717) is 17.1 Å². The number of carbonyl (C=O) groups is 2. The first kappa shape index (κ1) is 20.4. The standard InChI is InChI=1S/C23H19ClO5/c1-27-22-19(24)12-18(13-21(22)28-14-16-8-4-2-5-9-16)23(26)29-15-20(25)17-10-6-3-7-11-17/h2-13H,14-15H2,1H3. The van der Waals surface area contributed by atoms with Crippen LogP contribution in [0.15, 0.2) is 72.8 Å². The maximum atomic E-state index is 12.4. The molecule has 148 valence electrons. The number of halogens is 1. The summed E-state index contributed by atoms with van der Waals surface area (Å²) < 4.78 is 16.2. The Morgan fingerprint density at radius 3 is 2.21 bits per heavy atom. The molecule has 0 aromatic heterocycles. The summed E-state index contributed by atoms with van der Waals surface area (Å²) in [5.41, 5.74) is 1.59. The van der Waals surface area contributed by atoms with E-state index in [1.54, 1.807) is 30.3 Å². The van der Waals surface area contributed by atoms with Crippen LogP contribution in [0, 0.1) is 0 Å². The average Bonchev–Trinajstić information content (AvgIpc) is 2.76. The van der Waals surface area contributed by atoms with Gasteiger partial charge in [0.1, 0.15) is 6.61 Å². The van der Waals surface area contributed by atoms with Gasteiger partial charge in [-0.2, -0.15) is 0 Å². The van der Waals surface area contributed by atoms with E-state index in [9.17, 15) is 9.59 Å². The molecule has 0 radical (unpaired) electrons. The molecule has 0 fully saturated rings. The van der Waals surface area contributed by atoms with Gasteiger partial charge in [-0.15, -0.1) is 0 Å². The summed E-state index contributed by atoms with van der Waals surface area (Å²) >= 11 is 6.24. The first-order valence-electron chi connectivity index (χ1n) is 8.88. The summed E-state index contributed by atoms with van der Waals surface area (Å²) in [7, 11) is 1.47. The summed E-state index contributed by atoms with van der Waals surface area (Å²) in [6.07, 6.45) is 0. The van der Waals surface area contributed by atoms with Gasteiger partial charge in [-0.25, -0.2) is 4.79 Å². The van der Waals surface area contributed by atoms with Gasteiger partial charge < -0.3 is 14.2 Å². The number of Topliss-reactive ketones (excluding diaryl/α,β-unsaturated/α-hetero) is 1. The van der Waals surface area contributed by atoms with E-state index in [2.05, 4.69) is 0 Å². The molecule has 0 spiro atoms. The minimum atomic E-state index is -0.677. The summed E-state index contributed by atoms with van der Waals surface area (Å²) in [4.78, 5) is 24.6. The highest BCUT2D eigenvalue weighted by atomic mass is 35.5. The fourth-order valence-electron chi connectivity index (χ4n) is 2.65. The van der Waals surface area contributed by atoms with E-state index in [1.165, 1.54) is 19.2 Å².